The van der Waals surface area contributed by atoms with Gasteiger partial charge < -0.3 is 9.64 Å². The third kappa shape index (κ3) is 3.63. The topological polar surface area (TPSA) is 28.6 Å². The highest BCUT2D eigenvalue weighted by atomic mass is 32.1. The Morgan fingerprint density at radius 1 is 1.25 bits per heavy atom. The molecule has 2 aromatic heterocycles. The average molecular weight is 343 g/mol. The number of thiophene rings is 1. The van der Waals surface area contributed by atoms with Crippen LogP contribution in [-0.2, 0) is 11.3 Å². The molecule has 0 amide bonds. The van der Waals surface area contributed by atoms with E-state index in [1.165, 1.54) is 30.6 Å². The summed E-state index contributed by atoms with van der Waals surface area (Å²) < 4.78 is 6.04. The Morgan fingerprint density at radius 2 is 2.25 bits per heavy atom. The van der Waals surface area contributed by atoms with E-state index in [4.69, 9.17) is 4.74 Å². The van der Waals surface area contributed by atoms with Crippen molar-refractivity contribution in [2.24, 2.45) is 5.41 Å². The van der Waals surface area contributed by atoms with E-state index in [0.717, 1.165) is 39.4 Å². The summed E-state index contributed by atoms with van der Waals surface area (Å²) in [5.41, 5.74) is 2.90. The minimum absolute atomic E-state index is 0.237. The van der Waals surface area contributed by atoms with Gasteiger partial charge in [-0.2, -0.15) is 11.3 Å². The SMILES string of the molecule is c1cncc(N2CCOC[C@@]3(CCCN(Cc4ccsc4)C3)C2)c1. The van der Waals surface area contributed by atoms with Gasteiger partial charge in [-0.25, -0.2) is 0 Å². The molecular weight excluding hydrogens is 318 g/mol. The molecule has 2 aliphatic rings. The van der Waals surface area contributed by atoms with Crippen molar-refractivity contribution in [3.05, 3.63) is 46.9 Å². The zero-order valence-corrected chi connectivity index (χ0v) is 14.9. The Morgan fingerprint density at radius 3 is 3.08 bits per heavy atom. The largest absolute Gasteiger partial charge is 0.379 e. The minimum atomic E-state index is 0.237. The van der Waals surface area contributed by atoms with Crippen molar-refractivity contribution in [3.8, 4) is 0 Å². The van der Waals surface area contributed by atoms with Crippen LogP contribution < -0.4 is 4.90 Å². The third-order valence-electron chi connectivity index (χ3n) is 5.18. The van der Waals surface area contributed by atoms with Crippen LogP contribution in [0.2, 0.25) is 0 Å². The first kappa shape index (κ1) is 16.1. The first-order chi connectivity index (χ1) is 11.8. The van der Waals surface area contributed by atoms with Crippen LogP contribution in [0.25, 0.3) is 0 Å². The van der Waals surface area contributed by atoms with Gasteiger partial charge in [-0.1, -0.05) is 0 Å². The van der Waals surface area contributed by atoms with Gasteiger partial charge in [-0.3, -0.25) is 9.88 Å². The third-order valence-corrected chi connectivity index (χ3v) is 5.91. The zero-order valence-electron chi connectivity index (χ0n) is 14.1. The molecule has 0 unspecified atom stereocenters. The lowest BCUT2D eigenvalue weighted by Crippen LogP contribution is -2.50. The molecule has 1 atom stereocenters. The summed E-state index contributed by atoms with van der Waals surface area (Å²) in [6.45, 7) is 7.10. The van der Waals surface area contributed by atoms with E-state index in [9.17, 15) is 0 Å². The first-order valence-electron chi connectivity index (χ1n) is 8.79. The highest BCUT2D eigenvalue weighted by Crippen LogP contribution is 2.35. The average Bonchev–Trinajstić information content (AvgIpc) is 3.03. The fourth-order valence-electron chi connectivity index (χ4n) is 4.09. The lowest BCUT2D eigenvalue weighted by molar-refractivity contribution is 0.0107. The van der Waals surface area contributed by atoms with Crippen molar-refractivity contribution >= 4 is 17.0 Å². The molecule has 128 valence electrons. The normalized spacial score (nSPS) is 25.8. The molecule has 0 saturated carbocycles. The molecule has 24 heavy (non-hydrogen) atoms. The number of hydrogen-bond acceptors (Lipinski definition) is 5. The van der Waals surface area contributed by atoms with Gasteiger partial charge in [0, 0.05) is 37.8 Å². The molecule has 4 heterocycles. The lowest BCUT2D eigenvalue weighted by Gasteiger charge is -2.44. The number of likely N-dealkylation sites (tertiary alicyclic amines) is 1. The van der Waals surface area contributed by atoms with E-state index in [2.05, 4.69) is 37.7 Å². The maximum absolute atomic E-state index is 6.04. The van der Waals surface area contributed by atoms with Crippen LogP contribution in [0.15, 0.2) is 41.4 Å². The number of ether oxygens (including phenoxy) is 1. The van der Waals surface area contributed by atoms with Crippen LogP contribution >= 0.6 is 11.3 Å². The van der Waals surface area contributed by atoms with Crippen molar-refractivity contribution in [1.82, 2.24) is 9.88 Å². The molecule has 0 N–H and O–H groups in total. The van der Waals surface area contributed by atoms with E-state index < -0.39 is 0 Å². The quantitative estimate of drug-likeness (QED) is 0.855. The molecule has 0 bridgehead atoms. The Hall–Kier alpha value is -1.43. The predicted molar refractivity (Wildman–Crippen MR) is 98.5 cm³/mol. The van der Waals surface area contributed by atoms with Crippen molar-refractivity contribution in [2.45, 2.75) is 19.4 Å². The standard InChI is InChI=1S/C19H25N3OS/c1-3-18(11-20-6-1)22-8-9-23-16-19(15-22)5-2-7-21(14-19)12-17-4-10-24-13-17/h1,3-4,6,10-11,13H,2,5,7-9,12,14-16H2/t19-/m1/s1. The van der Waals surface area contributed by atoms with Crippen molar-refractivity contribution in [1.29, 1.82) is 0 Å². The summed E-state index contributed by atoms with van der Waals surface area (Å²) >= 11 is 1.79. The van der Waals surface area contributed by atoms with Crippen LogP contribution in [0.5, 0.6) is 0 Å². The summed E-state index contributed by atoms with van der Waals surface area (Å²) in [4.78, 5) is 9.38. The molecule has 5 heteroatoms. The Balaban J connectivity index is 1.49. The lowest BCUT2D eigenvalue weighted by atomic mass is 9.80. The number of rotatable bonds is 3. The van der Waals surface area contributed by atoms with Crippen molar-refractivity contribution in [3.63, 3.8) is 0 Å². The molecule has 2 aliphatic heterocycles. The summed E-state index contributed by atoms with van der Waals surface area (Å²) in [6.07, 6.45) is 6.33. The number of hydrogen-bond donors (Lipinski definition) is 0. The van der Waals surface area contributed by atoms with Crippen LogP contribution in [0.1, 0.15) is 18.4 Å². The summed E-state index contributed by atoms with van der Waals surface area (Å²) in [7, 11) is 0. The Labute approximate surface area is 148 Å². The maximum atomic E-state index is 6.04. The molecule has 0 aromatic carbocycles. The predicted octanol–water partition coefficient (Wildman–Crippen LogP) is 3.26. The first-order valence-corrected chi connectivity index (χ1v) is 9.74. The summed E-state index contributed by atoms with van der Waals surface area (Å²) in [5, 5.41) is 4.45. The fourth-order valence-corrected chi connectivity index (χ4v) is 4.75. The number of anilines is 1. The van der Waals surface area contributed by atoms with Gasteiger partial charge in [0.25, 0.3) is 0 Å². The highest BCUT2D eigenvalue weighted by Gasteiger charge is 2.39. The van der Waals surface area contributed by atoms with Crippen LogP contribution in [-0.4, -0.2) is 49.3 Å². The molecule has 0 aliphatic carbocycles. The van der Waals surface area contributed by atoms with Crippen LogP contribution in [0, 0.1) is 5.41 Å². The molecule has 2 aromatic rings. The number of nitrogens with zero attached hydrogens (tertiary/aromatic N) is 3. The second kappa shape index (κ2) is 7.21. The van der Waals surface area contributed by atoms with Gasteiger partial charge in [-0.05, 0) is 53.9 Å². The number of piperidine rings is 1. The van der Waals surface area contributed by atoms with Crippen LogP contribution in [0.3, 0.4) is 0 Å². The number of pyridine rings is 1. The monoisotopic (exact) mass is 343 g/mol. The maximum Gasteiger partial charge on any atom is 0.0641 e. The van der Waals surface area contributed by atoms with Gasteiger partial charge >= 0.3 is 0 Å². The number of aromatic nitrogens is 1. The molecule has 1 spiro atoms. The molecule has 2 fully saturated rings. The van der Waals surface area contributed by atoms with Gasteiger partial charge in [0.1, 0.15) is 0 Å². The van der Waals surface area contributed by atoms with Crippen molar-refractivity contribution in [2.75, 3.05) is 44.3 Å². The molecule has 4 rings (SSSR count). The zero-order chi connectivity index (χ0) is 16.2. The smallest absolute Gasteiger partial charge is 0.0641 e. The summed E-state index contributed by atoms with van der Waals surface area (Å²) in [6, 6.07) is 6.44. The second-order valence-corrected chi connectivity index (χ2v) is 7.91. The second-order valence-electron chi connectivity index (χ2n) is 7.13. The molecular formula is C19H25N3OS. The van der Waals surface area contributed by atoms with E-state index >= 15 is 0 Å². The molecule has 4 nitrogen and oxygen atoms in total. The van der Waals surface area contributed by atoms with Gasteiger partial charge in [0.05, 0.1) is 25.1 Å². The van der Waals surface area contributed by atoms with Crippen LogP contribution in [0.4, 0.5) is 5.69 Å². The van der Waals surface area contributed by atoms with E-state index in [0.29, 0.717) is 0 Å². The highest BCUT2D eigenvalue weighted by molar-refractivity contribution is 7.07. The van der Waals surface area contributed by atoms with E-state index in [1.54, 1.807) is 11.3 Å². The van der Waals surface area contributed by atoms with E-state index in [1.807, 2.05) is 18.5 Å². The van der Waals surface area contributed by atoms with Gasteiger partial charge in [0.2, 0.25) is 0 Å². The summed E-state index contributed by atoms with van der Waals surface area (Å²) in [5.74, 6) is 0. The van der Waals surface area contributed by atoms with Gasteiger partial charge in [0.15, 0.2) is 0 Å². The molecule has 2 saturated heterocycles. The van der Waals surface area contributed by atoms with E-state index in [-0.39, 0.29) is 5.41 Å². The minimum Gasteiger partial charge on any atom is -0.379 e. The fraction of sp³-hybridized carbons (Fsp3) is 0.526. The Kier molecular flexibility index (Phi) is 4.83. The molecule has 0 radical (unpaired) electrons. The van der Waals surface area contributed by atoms with Gasteiger partial charge in [-0.15, -0.1) is 0 Å². The van der Waals surface area contributed by atoms with Crippen molar-refractivity contribution < 1.29 is 4.74 Å². The Bertz CT molecular complexity index is 633.